The largest absolute Gasteiger partial charge is 0.378 e. The van der Waals surface area contributed by atoms with E-state index in [4.69, 9.17) is 17.3 Å². The van der Waals surface area contributed by atoms with E-state index in [0.29, 0.717) is 10.9 Å². The van der Waals surface area contributed by atoms with Crippen molar-refractivity contribution < 1.29 is 4.39 Å². The zero-order chi connectivity index (χ0) is 9.84. The molecule has 2 nitrogen and oxygen atoms in total. The minimum absolute atomic E-state index is 0.0511. The summed E-state index contributed by atoms with van der Waals surface area (Å²) in [6.07, 6.45) is 1.81. The monoisotopic (exact) mass is 218 g/mol. The molecule has 13 heavy (non-hydrogen) atoms. The van der Waals surface area contributed by atoms with Crippen molar-refractivity contribution in [3.8, 4) is 0 Å². The number of aliphatic imine (C=N–C) groups is 1. The first kappa shape index (κ1) is 10.3. The summed E-state index contributed by atoms with van der Waals surface area (Å²) in [5.41, 5.74) is 6.02. The zero-order valence-electron chi connectivity index (χ0n) is 6.92. The SMILES string of the molecule is CSC(N)=Nc1ccc(F)c(Cl)c1. The van der Waals surface area contributed by atoms with Gasteiger partial charge in [0.05, 0.1) is 10.7 Å². The van der Waals surface area contributed by atoms with Gasteiger partial charge in [-0.05, 0) is 24.5 Å². The molecule has 0 heterocycles. The number of amidine groups is 1. The van der Waals surface area contributed by atoms with E-state index in [1.54, 1.807) is 0 Å². The smallest absolute Gasteiger partial charge is 0.158 e. The van der Waals surface area contributed by atoms with E-state index in [9.17, 15) is 4.39 Å². The van der Waals surface area contributed by atoms with Crippen LogP contribution in [0.4, 0.5) is 10.1 Å². The van der Waals surface area contributed by atoms with E-state index >= 15 is 0 Å². The fourth-order valence-electron chi connectivity index (χ4n) is 0.727. The Morgan fingerprint density at radius 3 is 2.85 bits per heavy atom. The van der Waals surface area contributed by atoms with E-state index in [2.05, 4.69) is 4.99 Å². The Balaban J connectivity index is 2.98. The molecule has 0 saturated carbocycles. The highest BCUT2D eigenvalue weighted by Gasteiger charge is 1.99. The molecule has 0 saturated heterocycles. The summed E-state index contributed by atoms with van der Waals surface area (Å²) in [7, 11) is 0. The third-order valence-electron chi connectivity index (χ3n) is 1.35. The Kier molecular flexibility index (Phi) is 3.57. The number of nitrogens with zero attached hydrogens (tertiary/aromatic N) is 1. The molecule has 2 N–H and O–H groups in total. The van der Waals surface area contributed by atoms with Gasteiger partial charge >= 0.3 is 0 Å². The fraction of sp³-hybridized carbons (Fsp3) is 0.125. The molecule has 0 aliphatic heterocycles. The molecule has 1 rings (SSSR count). The molecule has 1 aromatic carbocycles. The summed E-state index contributed by atoms with van der Waals surface area (Å²) in [6, 6.07) is 4.21. The molecule has 0 amide bonds. The Morgan fingerprint density at radius 2 is 2.31 bits per heavy atom. The highest BCUT2D eigenvalue weighted by atomic mass is 35.5. The Hall–Kier alpha value is -0.740. The van der Waals surface area contributed by atoms with Gasteiger partial charge in [-0.25, -0.2) is 9.38 Å². The molecule has 0 fully saturated rings. The van der Waals surface area contributed by atoms with Gasteiger partial charge in [0, 0.05) is 0 Å². The second-order valence-electron chi connectivity index (χ2n) is 2.25. The van der Waals surface area contributed by atoms with Crippen LogP contribution in [-0.2, 0) is 0 Å². The molecular formula is C8H8ClFN2S. The van der Waals surface area contributed by atoms with Crippen LogP contribution in [0.15, 0.2) is 23.2 Å². The third-order valence-corrected chi connectivity index (χ3v) is 2.15. The molecule has 0 unspecified atom stereocenters. The van der Waals surface area contributed by atoms with E-state index in [-0.39, 0.29) is 5.02 Å². The van der Waals surface area contributed by atoms with Gasteiger partial charge < -0.3 is 5.73 Å². The van der Waals surface area contributed by atoms with Crippen LogP contribution in [0.2, 0.25) is 5.02 Å². The van der Waals surface area contributed by atoms with Crippen LogP contribution in [0.1, 0.15) is 0 Å². The van der Waals surface area contributed by atoms with Crippen LogP contribution in [0.3, 0.4) is 0 Å². The quantitative estimate of drug-likeness (QED) is 0.582. The lowest BCUT2D eigenvalue weighted by Crippen LogP contribution is -2.04. The fourth-order valence-corrected chi connectivity index (χ4v) is 1.10. The lowest BCUT2D eigenvalue weighted by Gasteiger charge is -1.97. The highest BCUT2D eigenvalue weighted by molar-refractivity contribution is 8.13. The van der Waals surface area contributed by atoms with Crippen LogP contribution in [0.25, 0.3) is 0 Å². The number of thioether (sulfide) groups is 1. The molecule has 70 valence electrons. The molecule has 0 aromatic heterocycles. The summed E-state index contributed by atoms with van der Waals surface area (Å²) in [5, 5.41) is 0.470. The second kappa shape index (κ2) is 4.48. The molecular weight excluding hydrogens is 211 g/mol. The average Bonchev–Trinajstić information content (AvgIpc) is 2.11. The standard InChI is InChI=1S/C8H8ClFN2S/c1-13-8(11)12-5-2-3-7(10)6(9)4-5/h2-4H,1H3,(H2,11,12). The number of nitrogens with two attached hydrogens (primary N) is 1. The number of benzene rings is 1. The van der Waals surface area contributed by atoms with Crippen molar-refractivity contribution >= 4 is 34.2 Å². The highest BCUT2D eigenvalue weighted by Crippen LogP contribution is 2.21. The molecule has 0 spiro atoms. The van der Waals surface area contributed by atoms with Crippen molar-refractivity contribution in [3.05, 3.63) is 29.0 Å². The van der Waals surface area contributed by atoms with Gasteiger partial charge in [0.2, 0.25) is 0 Å². The minimum atomic E-state index is -0.455. The topological polar surface area (TPSA) is 38.4 Å². The first-order chi connectivity index (χ1) is 6.13. The predicted octanol–water partition coefficient (Wildman–Crippen LogP) is 2.79. The van der Waals surface area contributed by atoms with E-state index < -0.39 is 5.82 Å². The summed E-state index contributed by atoms with van der Waals surface area (Å²) in [5.74, 6) is -0.455. The molecule has 1 aromatic rings. The number of halogens is 2. The van der Waals surface area contributed by atoms with Crippen molar-refractivity contribution in [1.82, 2.24) is 0 Å². The van der Waals surface area contributed by atoms with Crippen molar-refractivity contribution in [2.75, 3.05) is 6.26 Å². The maximum atomic E-state index is 12.7. The van der Waals surface area contributed by atoms with Gasteiger partial charge in [-0.2, -0.15) is 0 Å². The summed E-state index contributed by atoms with van der Waals surface area (Å²) < 4.78 is 12.7. The second-order valence-corrected chi connectivity index (χ2v) is 3.49. The number of hydrogen-bond donors (Lipinski definition) is 1. The predicted molar refractivity (Wildman–Crippen MR) is 56.2 cm³/mol. The number of rotatable bonds is 1. The van der Waals surface area contributed by atoms with Crippen LogP contribution >= 0.6 is 23.4 Å². The normalized spacial score (nSPS) is 11.8. The van der Waals surface area contributed by atoms with Gasteiger partial charge in [0.1, 0.15) is 5.82 Å². The van der Waals surface area contributed by atoms with Gasteiger partial charge in [-0.3, -0.25) is 0 Å². The van der Waals surface area contributed by atoms with Crippen LogP contribution in [0.5, 0.6) is 0 Å². The lowest BCUT2D eigenvalue weighted by atomic mass is 10.3. The van der Waals surface area contributed by atoms with Gasteiger partial charge in [-0.1, -0.05) is 23.4 Å². The van der Waals surface area contributed by atoms with E-state index in [1.807, 2.05) is 6.26 Å². The summed E-state index contributed by atoms with van der Waals surface area (Å²) in [4.78, 5) is 3.99. The maximum Gasteiger partial charge on any atom is 0.158 e. The maximum absolute atomic E-state index is 12.7. The molecule has 0 atom stereocenters. The molecule has 0 bridgehead atoms. The van der Waals surface area contributed by atoms with E-state index in [0.717, 1.165) is 0 Å². The van der Waals surface area contributed by atoms with Crippen molar-refractivity contribution in [2.45, 2.75) is 0 Å². The van der Waals surface area contributed by atoms with Crippen molar-refractivity contribution in [1.29, 1.82) is 0 Å². The molecule has 0 aliphatic carbocycles. The summed E-state index contributed by atoms with van der Waals surface area (Å²) in [6.45, 7) is 0. The van der Waals surface area contributed by atoms with Crippen molar-refractivity contribution in [2.24, 2.45) is 10.7 Å². The van der Waals surface area contributed by atoms with Crippen LogP contribution < -0.4 is 5.73 Å². The zero-order valence-corrected chi connectivity index (χ0v) is 8.49. The third kappa shape index (κ3) is 2.90. The Labute approximate surface area is 85.0 Å². The van der Waals surface area contributed by atoms with Gasteiger partial charge in [0.15, 0.2) is 5.17 Å². The Bertz CT molecular complexity index is 341. The average molecular weight is 219 g/mol. The number of hydrogen-bond acceptors (Lipinski definition) is 2. The van der Waals surface area contributed by atoms with E-state index in [1.165, 1.54) is 30.0 Å². The van der Waals surface area contributed by atoms with Crippen LogP contribution in [0, 0.1) is 5.82 Å². The summed E-state index contributed by atoms with van der Waals surface area (Å²) >= 11 is 6.87. The first-order valence-electron chi connectivity index (χ1n) is 3.46. The van der Waals surface area contributed by atoms with Gasteiger partial charge in [0.25, 0.3) is 0 Å². The molecule has 0 aliphatic rings. The molecule has 5 heteroatoms. The van der Waals surface area contributed by atoms with Gasteiger partial charge in [-0.15, -0.1) is 0 Å². The Morgan fingerprint density at radius 1 is 1.62 bits per heavy atom. The first-order valence-corrected chi connectivity index (χ1v) is 5.07. The van der Waals surface area contributed by atoms with Crippen molar-refractivity contribution in [3.63, 3.8) is 0 Å². The minimum Gasteiger partial charge on any atom is -0.378 e. The van der Waals surface area contributed by atoms with Crippen LogP contribution in [-0.4, -0.2) is 11.4 Å². The molecule has 0 radical (unpaired) electrons. The lowest BCUT2D eigenvalue weighted by molar-refractivity contribution is 0.628.